The fourth-order valence-electron chi connectivity index (χ4n) is 1.95. The highest BCUT2D eigenvalue weighted by atomic mass is 35.5. The zero-order valence-electron chi connectivity index (χ0n) is 9.24. The first-order chi connectivity index (χ1) is 7.62. The van der Waals surface area contributed by atoms with E-state index in [4.69, 9.17) is 16.3 Å². The summed E-state index contributed by atoms with van der Waals surface area (Å²) < 4.78 is 5.26. The Hall–Kier alpha value is -0.990. The van der Waals surface area contributed by atoms with Crippen LogP contribution in [-0.2, 0) is 10.3 Å². The predicted molar refractivity (Wildman–Crippen MR) is 64.3 cm³/mol. The van der Waals surface area contributed by atoms with Crippen LogP contribution in [0.4, 0.5) is 0 Å². The summed E-state index contributed by atoms with van der Waals surface area (Å²) in [6.07, 6.45) is 3.44. The maximum Gasteiger partial charge on any atom is 0.112 e. The van der Waals surface area contributed by atoms with E-state index >= 15 is 0 Å². The molecule has 1 aliphatic heterocycles. The number of halogens is 1. The van der Waals surface area contributed by atoms with Gasteiger partial charge in [0.15, 0.2) is 0 Å². The van der Waals surface area contributed by atoms with E-state index in [9.17, 15) is 5.11 Å². The van der Waals surface area contributed by atoms with Gasteiger partial charge in [0.05, 0.1) is 12.9 Å². The van der Waals surface area contributed by atoms with E-state index in [1.807, 2.05) is 18.2 Å². The Bertz CT molecular complexity index is 410. The van der Waals surface area contributed by atoms with Crippen molar-refractivity contribution in [2.24, 2.45) is 0 Å². The third-order valence-corrected chi connectivity index (χ3v) is 3.29. The van der Waals surface area contributed by atoms with Crippen LogP contribution in [0.2, 0.25) is 5.02 Å². The van der Waals surface area contributed by atoms with Gasteiger partial charge in [0.25, 0.3) is 0 Å². The van der Waals surface area contributed by atoms with Crippen LogP contribution in [0.25, 0.3) is 0 Å². The minimum absolute atomic E-state index is 0.582. The van der Waals surface area contributed by atoms with Gasteiger partial charge in [-0.15, -0.1) is 0 Å². The Balaban J connectivity index is 2.38. The maximum absolute atomic E-state index is 10.6. The largest absolute Gasteiger partial charge is 0.501 e. The van der Waals surface area contributed by atoms with Crippen LogP contribution in [0.3, 0.4) is 0 Å². The van der Waals surface area contributed by atoms with E-state index in [1.54, 1.807) is 19.3 Å². The maximum atomic E-state index is 10.6. The number of benzene rings is 1. The Morgan fingerprint density at radius 3 is 2.75 bits per heavy atom. The monoisotopic (exact) mass is 238 g/mol. The molecule has 1 N–H and O–H groups in total. The summed E-state index contributed by atoms with van der Waals surface area (Å²) in [6.45, 7) is 2.48. The highest BCUT2D eigenvalue weighted by molar-refractivity contribution is 6.31. The second-order valence-corrected chi connectivity index (χ2v) is 4.58. The molecular weight excluding hydrogens is 224 g/mol. The molecular formula is C13H15ClO2. The summed E-state index contributed by atoms with van der Waals surface area (Å²) in [6, 6.07) is 7.36. The molecule has 0 radical (unpaired) electrons. The van der Waals surface area contributed by atoms with Crippen molar-refractivity contribution in [1.29, 1.82) is 0 Å². The lowest BCUT2D eigenvalue weighted by Crippen LogP contribution is -2.26. The van der Waals surface area contributed by atoms with Gasteiger partial charge < -0.3 is 9.84 Å². The van der Waals surface area contributed by atoms with Crippen LogP contribution < -0.4 is 0 Å². The van der Waals surface area contributed by atoms with E-state index in [-0.39, 0.29) is 0 Å². The minimum atomic E-state index is -1.04. The molecule has 0 aromatic heterocycles. The smallest absolute Gasteiger partial charge is 0.112 e. The quantitative estimate of drug-likeness (QED) is 0.857. The van der Waals surface area contributed by atoms with Crippen LogP contribution in [0.15, 0.2) is 36.1 Å². The lowest BCUT2D eigenvalue weighted by Gasteiger charge is -2.29. The van der Waals surface area contributed by atoms with Gasteiger partial charge in [-0.25, -0.2) is 0 Å². The van der Waals surface area contributed by atoms with Crippen molar-refractivity contribution in [3.8, 4) is 0 Å². The summed E-state index contributed by atoms with van der Waals surface area (Å²) in [7, 11) is 0. The SMILES string of the molecule is CC(O)(C1=COCCC1)c1ccccc1Cl. The van der Waals surface area contributed by atoms with E-state index in [0.717, 1.165) is 30.6 Å². The van der Waals surface area contributed by atoms with Gasteiger partial charge in [0.2, 0.25) is 0 Å². The molecule has 1 aromatic rings. The molecule has 2 rings (SSSR count). The van der Waals surface area contributed by atoms with E-state index in [2.05, 4.69) is 0 Å². The lowest BCUT2D eigenvalue weighted by atomic mass is 9.85. The number of aliphatic hydroxyl groups is 1. The summed E-state index contributed by atoms with van der Waals surface area (Å²) >= 11 is 6.10. The van der Waals surface area contributed by atoms with Gasteiger partial charge >= 0.3 is 0 Å². The van der Waals surface area contributed by atoms with Crippen molar-refractivity contribution in [2.45, 2.75) is 25.4 Å². The molecule has 16 heavy (non-hydrogen) atoms. The molecule has 3 heteroatoms. The molecule has 0 saturated carbocycles. The highest BCUT2D eigenvalue weighted by Crippen LogP contribution is 2.36. The Labute approximate surface area is 101 Å². The van der Waals surface area contributed by atoms with Gasteiger partial charge in [-0.05, 0) is 25.8 Å². The molecule has 1 aliphatic rings. The summed E-state index contributed by atoms with van der Waals surface area (Å²) in [4.78, 5) is 0. The Kier molecular flexibility index (Phi) is 3.22. The standard InChI is InChI=1S/C13H15ClO2/c1-13(15,10-5-4-8-16-9-10)11-6-2-3-7-12(11)14/h2-3,6-7,9,15H,4-5,8H2,1H3. The van der Waals surface area contributed by atoms with Crippen molar-refractivity contribution >= 4 is 11.6 Å². The fraction of sp³-hybridized carbons (Fsp3) is 0.385. The van der Waals surface area contributed by atoms with Gasteiger partial charge in [-0.1, -0.05) is 29.8 Å². The van der Waals surface area contributed by atoms with E-state index < -0.39 is 5.60 Å². The third kappa shape index (κ3) is 2.08. The summed E-state index contributed by atoms with van der Waals surface area (Å²) in [5.74, 6) is 0. The van der Waals surface area contributed by atoms with Crippen molar-refractivity contribution in [2.75, 3.05) is 6.61 Å². The van der Waals surface area contributed by atoms with Crippen molar-refractivity contribution < 1.29 is 9.84 Å². The predicted octanol–water partition coefficient (Wildman–Crippen LogP) is 3.24. The number of ether oxygens (including phenoxy) is 1. The molecule has 1 aromatic carbocycles. The first-order valence-corrected chi connectivity index (χ1v) is 5.78. The molecule has 1 heterocycles. The summed E-state index contributed by atoms with van der Waals surface area (Å²) in [5.41, 5.74) is 0.568. The van der Waals surface area contributed by atoms with Crippen LogP contribution in [0.1, 0.15) is 25.3 Å². The average Bonchev–Trinajstić information content (AvgIpc) is 2.30. The van der Waals surface area contributed by atoms with Crippen LogP contribution in [0, 0.1) is 0 Å². The molecule has 0 saturated heterocycles. The first-order valence-electron chi connectivity index (χ1n) is 5.41. The molecule has 1 unspecified atom stereocenters. The van der Waals surface area contributed by atoms with Crippen LogP contribution in [0.5, 0.6) is 0 Å². The topological polar surface area (TPSA) is 29.5 Å². The third-order valence-electron chi connectivity index (χ3n) is 2.96. The lowest BCUT2D eigenvalue weighted by molar-refractivity contribution is 0.0787. The van der Waals surface area contributed by atoms with Crippen molar-refractivity contribution in [1.82, 2.24) is 0 Å². The van der Waals surface area contributed by atoms with Crippen LogP contribution >= 0.6 is 11.6 Å². The zero-order valence-corrected chi connectivity index (χ0v) is 10.00. The van der Waals surface area contributed by atoms with E-state index in [0.29, 0.717) is 5.02 Å². The zero-order chi connectivity index (χ0) is 11.6. The van der Waals surface area contributed by atoms with E-state index in [1.165, 1.54) is 0 Å². The number of hydrogen-bond acceptors (Lipinski definition) is 2. The second-order valence-electron chi connectivity index (χ2n) is 4.17. The molecule has 86 valence electrons. The minimum Gasteiger partial charge on any atom is -0.501 e. The van der Waals surface area contributed by atoms with Gasteiger partial charge in [-0.2, -0.15) is 0 Å². The van der Waals surface area contributed by atoms with Crippen LogP contribution in [-0.4, -0.2) is 11.7 Å². The normalized spacial score (nSPS) is 19.6. The molecule has 0 bridgehead atoms. The number of hydrogen-bond donors (Lipinski definition) is 1. The Morgan fingerprint density at radius 2 is 2.12 bits per heavy atom. The molecule has 0 aliphatic carbocycles. The summed E-state index contributed by atoms with van der Waals surface area (Å²) in [5, 5.41) is 11.1. The van der Waals surface area contributed by atoms with Crippen molar-refractivity contribution in [3.05, 3.63) is 46.7 Å². The fourth-order valence-corrected chi connectivity index (χ4v) is 2.27. The highest BCUT2D eigenvalue weighted by Gasteiger charge is 2.31. The average molecular weight is 239 g/mol. The first kappa shape index (κ1) is 11.5. The van der Waals surface area contributed by atoms with Gasteiger partial charge in [-0.3, -0.25) is 0 Å². The molecule has 0 fully saturated rings. The second kappa shape index (κ2) is 4.48. The van der Waals surface area contributed by atoms with Crippen molar-refractivity contribution in [3.63, 3.8) is 0 Å². The molecule has 2 nitrogen and oxygen atoms in total. The van der Waals surface area contributed by atoms with Gasteiger partial charge in [0, 0.05) is 16.2 Å². The number of rotatable bonds is 2. The molecule has 1 atom stereocenters. The van der Waals surface area contributed by atoms with Gasteiger partial charge in [0.1, 0.15) is 5.60 Å². The molecule has 0 amide bonds. The Morgan fingerprint density at radius 1 is 1.38 bits per heavy atom. The molecule has 0 spiro atoms.